The average Bonchev–Trinajstić information content (AvgIpc) is 3.49. The van der Waals surface area contributed by atoms with Crippen LogP contribution >= 0.6 is 0 Å². The molecule has 2 amide bonds. The number of nitrogens with one attached hydrogen (secondary N) is 1. The second-order valence-corrected chi connectivity index (χ2v) is 9.02. The molecule has 3 saturated heterocycles. The Morgan fingerprint density at radius 3 is 2.47 bits per heavy atom. The smallest absolute Gasteiger partial charge is 0.380 e. The number of hydrogen-bond acceptors (Lipinski definition) is 3. The standard InChI is InChI=1S/C22H26F3N3O2/c1-14-13-30-19-6-9-27(12-18(19)26-14)20(29)28-10-16(11-28)15-2-4-17(5-3-15)21(7-8-21)22(23,24)25/h2-5,16,18-19,26H,1,6-13H2/t18-,19-/m1/s1. The lowest BCUT2D eigenvalue weighted by atomic mass is 9.88. The second kappa shape index (κ2) is 6.90. The highest BCUT2D eigenvalue weighted by Crippen LogP contribution is 2.58. The van der Waals surface area contributed by atoms with Crippen LogP contribution in [0.2, 0.25) is 0 Å². The summed E-state index contributed by atoms with van der Waals surface area (Å²) in [5.74, 6) is 0.178. The van der Waals surface area contributed by atoms with Crippen molar-refractivity contribution in [1.82, 2.24) is 15.1 Å². The van der Waals surface area contributed by atoms with Gasteiger partial charge in [-0.15, -0.1) is 0 Å². The number of halogens is 3. The van der Waals surface area contributed by atoms with Crippen LogP contribution in [0.1, 0.15) is 36.3 Å². The Hall–Kier alpha value is -2.22. The summed E-state index contributed by atoms with van der Waals surface area (Å²) in [6, 6.07) is 6.94. The van der Waals surface area contributed by atoms with Crippen molar-refractivity contribution < 1.29 is 22.7 Å². The minimum atomic E-state index is -4.19. The summed E-state index contributed by atoms with van der Waals surface area (Å²) in [6.07, 6.45) is -2.92. The number of morpholine rings is 1. The van der Waals surface area contributed by atoms with Crippen molar-refractivity contribution in [3.05, 3.63) is 47.7 Å². The summed E-state index contributed by atoms with van der Waals surface area (Å²) in [5, 5.41) is 3.33. The maximum atomic E-state index is 13.3. The highest BCUT2D eigenvalue weighted by atomic mass is 19.4. The third-order valence-corrected chi connectivity index (χ3v) is 7.06. The fourth-order valence-corrected chi connectivity index (χ4v) is 4.93. The molecule has 0 unspecified atom stereocenters. The molecule has 5 rings (SSSR count). The zero-order chi connectivity index (χ0) is 21.1. The first kappa shape index (κ1) is 19.7. The van der Waals surface area contributed by atoms with Crippen molar-refractivity contribution >= 4 is 6.03 Å². The number of hydrogen-bond donors (Lipinski definition) is 1. The first-order valence-corrected chi connectivity index (χ1v) is 10.5. The number of piperidine rings is 1. The van der Waals surface area contributed by atoms with Crippen LogP contribution in [-0.4, -0.2) is 66.9 Å². The predicted molar refractivity (Wildman–Crippen MR) is 105 cm³/mol. The van der Waals surface area contributed by atoms with Gasteiger partial charge in [-0.3, -0.25) is 0 Å². The number of rotatable bonds is 2. The molecule has 0 aromatic heterocycles. The number of fused-ring (bicyclic) bond motifs is 1. The molecule has 0 spiro atoms. The van der Waals surface area contributed by atoms with Gasteiger partial charge >= 0.3 is 12.2 Å². The van der Waals surface area contributed by atoms with Crippen molar-refractivity contribution in [2.45, 2.75) is 48.9 Å². The number of alkyl halides is 3. The van der Waals surface area contributed by atoms with E-state index in [0.29, 0.717) is 38.3 Å². The molecular formula is C22H26F3N3O2. The van der Waals surface area contributed by atoms with Crippen molar-refractivity contribution in [1.29, 1.82) is 0 Å². The number of ether oxygens (including phenoxy) is 1. The molecule has 3 heterocycles. The molecular weight excluding hydrogens is 395 g/mol. The summed E-state index contributed by atoms with van der Waals surface area (Å²) in [6.45, 7) is 6.89. The number of likely N-dealkylation sites (tertiary alicyclic amines) is 2. The highest BCUT2D eigenvalue weighted by Gasteiger charge is 2.64. The molecule has 1 aromatic rings. The third kappa shape index (κ3) is 3.25. The Balaban J connectivity index is 1.17. The number of nitrogens with zero attached hydrogens (tertiary/aromatic N) is 2. The monoisotopic (exact) mass is 421 g/mol. The molecule has 1 N–H and O–H groups in total. The quantitative estimate of drug-likeness (QED) is 0.797. The first-order chi connectivity index (χ1) is 14.3. The van der Waals surface area contributed by atoms with Crippen LogP contribution in [0.25, 0.3) is 0 Å². The van der Waals surface area contributed by atoms with Gasteiger partial charge in [-0.05, 0) is 30.4 Å². The molecule has 0 radical (unpaired) electrons. The lowest BCUT2D eigenvalue weighted by Gasteiger charge is -2.47. The van der Waals surface area contributed by atoms with Gasteiger partial charge in [0.2, 0.25) is 0 Å². The maximum absolute atomic E-state index is 13.3. The van der Waals surface area contributed by atoms with Crippen LogP contribution in [0.4, 0.5) is 18.0 Å². The van der Waals surface area contributed by atoms with Gasteiger partial charge in [0, 0.05) is 37.8 Å². The van der Waals surface area contributed by atoms with Gasteiger partial charge in [0.15, 0.2) is 0 Å². The van der Waals surface area contributed by atoms with E-state index < -0.39 is 11.6 Å². The van der Waals surface area contributed by atoms with Crippen molar-refractivity contribution in [3.8, 4) is 0 Å². The fourth-order valence-electron chi connectivity index (χ4n) is 4.93. The Bertz CT molecular complexity index is 844. The van der Waals surface area contributed by atoms with E-state index >= 15 is 0 Å². The van der Waals surface area contributed by atoms with Gasteiger partial charge in [0.05, 0.1) is 24.2 Å². The van der Waals surface area contributed by atoms with E-state index in [1.54, 1.807) is 24.3 Å². The topological polar surface area (TPSA) is 44.8 Å². The van der Waals surface area contributed by atoms with Crippen molar-refractivity contribution in [3.63, 3.8) is 0 Å². The van der Waals surface area contributed by atoms with E-state index in [9.17, 15) is 18.0 Å². The van der Waals surface area contributed by atoms with E-state index in [2.05, 4.69) is 11.9 Å². The molecule has 162 valence electrons. The van der Waals surface area contributed by atoms with Crippen LogP contribution in [0.15, 0.2) is 36.5 Å². The first-order valence-electron chi connectivity index (χ1n) is 10.5. The number of carbonyl (C=O) groups is 1. The van der Waals surface area contributed by atoms with Gasteiger partial charge in [0.1, 0.15) is 0 Å². The summed E-state index contributed by atoms with van der Waals surface area (Å²) in [7, 11) is 0. The van der Waals surface area contributed by atoms with Gasteiger partial charge in [-0.1, -0.05) is 30.8 Å². The highest BCUT2D eigenvalue weighted by molar-refractivity contribution is 5.76. The van der Waals surface area contributed by atoms with Gasteiger partial charge < -0.3 is 19.9 Å². The Morgan fingerprint density at radius 1 is 1.13 bits per heavy atom. The molecule has 1 aromatic carbocycles. The van der Waals surface area contributed by atoms with E-state index in [1.807, 2.05) is 9.80 Å². The maximum Gasteiger partial charge on any atom is 0.398 e. The van der Waals surface area contributed by atoms with Gasteiger partial charge in [-0.2, -0.15) is 13.2 Å². The molecule has 3 aliphatic heterocycles. The van der Waals surface area contributed by atoms with Gasteiger partial charge in [-0.25, -0.2) is 4.79 Å². The molecule has 5 nitrogen and oxygen atoms in total. The molecule has 8 heteroatoms. The van der Waals surface area contributed by atoms with Crippen LogP contribution in [0.5, 0.6) is 0 Å². The zero-order valence-electron chi connectivity index (χ0n) is 16.8. The third-order valence-electron chi connectivity index (χ3n) is 7.06. The predicted octanol–water partition coefficient (Wildman–Crippen LogP) is 3.38. The molecule has 2 atom stereocenters. The largest absolute Gasteiger partial charge is 0.398 e. The van der Waals surface area contributed by atoms with Crippen LogP contribution in [0.3, 0.4) is 0 Å². The lowest BCUT2D eigenvalue weighted by Crippen LogP contribution is -2.62. The van der Waals surface area contributed by atoms with E-state index in [4.69, 9.17) is 4.74 Å². The molecule has 4 aliphatic rings. The van der Waals surface area contributed by atoms with Crippen LogP contribution < -0.4 is 5.32 Å². The van der Waals surface area contributed by atoms with Crippen molar-refractivity contribution in [2.75, 3.05) is 32.8 Å². The number of carbonyl (C=O) groups excluding carboxylic acids is 1. The fraction of sp³-hybridized carbons (Fsp3) is 0.591. The van der Waals surface area contributed by atoms with E-state index in [1.165, 1.54) is 0 Å². The Morgan fingerprint density at radius 2 is 1.83 bits per heavy atom. The molecule has 0 bridgehead atoms. The number of amides is 2. The minimum absolute atomic E-state index is 0.0216. The SMILES string of the molecule is C=C1CO[C@@H]2CCN(C(=O)N3CC(c4ccc(C5(C(F)(F)F)CC5)cc4)C3)C[C@H]2N1. The second-order valence-electron chi connectivity index (χ2n) is 9.02. The van der Waals surface area contributed by atoms with Crippen molar-refractivity contribution in [2.24, 2.45) is 0 Å². The average molecular weight is 421 g/mol. The van der Waals surface area contributed by atoms with Gasteiger partial charge in [0.25, 0.3) is 0 Å². The number of benzene rings is 1. The zero-order valence-corrected chi connectivity index (χ0v) is 16.8. The molecule has 1 saturated carbocycles. The Labute approximate surface area is 173 Å². The molecule has 1 aliphatic carbocycles. The van der Waals surface area contributed by atoms with Crippen LogP contribution in [0, 0.1) is 0 Å². The molecule has 4 fully saturated rings. The Kier molecular flexibility index (Phi) is 4.54. The minimum Gasteiger partial charge on any atom is -0.380 e. The molecule has 30 heavy (non-hydrogen) atoms. The summed E-state index contributed by atoms with van der Waals surface area (Å²) < 4.78 is 45.7. The lowest BCUT2D eigenvalue weighted by molar-refractivity contribution is -0.160. The summed E-state index contributed by atoms with van der Waals surface area (Å²) in [5.41, 5.74) is 0.564. The number of urea groups is 1. The van der Waals surface area contributed by atoms with E-state index in [0.717, 1.165) is 17.7 Å². The normalized spacial score (nSPS) is 28.4. The van der Waals surface area contributed by atoms with E-state index in [-0.39, 0.29) is 36.9 Å². The summed E-state index contributed by atoms with van der Waals surface area (Å²) >= 11 is 0. The summed E-state index contributed by atoms with van der Waals surface area (Å²) in [4.78, 5) is 16.5. The van der Waals surface area contributed by atoms with Crippen LogP contribution in [-0.2, 0) is 10.2 Å².